The number of aromatic nitrogens is 5. The Balaban J connectivity index is 1.27. The van der Waals surface area contributed by atoms with Crippen molar-refractivity contribution >= 4 is 51.4 Å². The number of nitrogens with one attached hydrogen (secondary N) is 1. The van der Waals surface area contributed by atoms with Crippen LogP contribution in [0.4, 0.5) is 15.9 Å². The number of fused-ring (bicyclic) bond motifs is 2. The van der Waals surface area contributed by atoms with Gasteiger partial charge in [-0.05, 0) is 77.7 Å². The van der Waals surface area contributed by atoms with E-state index in [1.54, 1.807) is 29.2 Å². The van der Waals surface area contributed by atoms with Crippen LogP contribution in [0.1, 0.15) is 24.8 Å². The number of anilines is 2. The van der Waals surface area contributed by atoms with Crippen LogP contribution in [0, 0.1) is 5.82 Å². The highest BCUT2D eigenvalue weighted by Gasteiger charge is 2.43. The third-order valence-corrected chi connectivity index (χ3v) is 7.07. The number of carbonyl (C=O) groups excluding carboxylic acids is 2. The van der Waals surface area contributed by atoms with Crippen LogP contribution < -0.4 is 11.1 Å². The molecule has 1 saturated heterocycles. The summed E-state index contributed by atoms with van der Waals surface area (Å²) in [4.78, 5) is 32.3. The van der Waals surface area contributed by atoms with E-state index in [2.05, 4.69) is 25.8 Å². The Hall–Kier alpha value is -4.38. The van der Waals surface area contributed by atoms with Gasteiger partial charge in [0.15, 0.2) is 5.82 Å². The Morgan fingerprint density at radius 1 is 1.16 bits per heavy atom. The van der Waals surface area contributed by atoms with Gasteiger partial charge in [-0.2, -0.15) is 4.68 Å². The van der Waals surface area contributed by atoms with Crippen molar-refractivity contribution < 1.29 is 14.0 Å². The van der Waals surface area contributed by atoms with E-state index in [4.69, 9.17) is 17.3 Å². The molecule has 6 rings (SSSR count). The molecule has 2 aromatic heterocycles. The minimum Gasteiger partial charge on any atom is -0.384 e. The van der Waals surface area contributed by atoms with Gasteiger partial charge in [0.2, 0.25) is 11.8 Å². The van der Waals surface area contributed by atoms with Crippen molar-refractivity contribution in [1.82, 2.24) is 30.1 Å². The van der Waals surface area contributed by atoms with Crippen LogP contribution in [0.25, 0.3) is 22.2 Å². The van der Waals surface area contributed by atoms with Gasteiger partial charge in [0, 0.05) is 28.8 Å². The van der Waals surface area contributed by atoms with Crippen molar-refractivity contribution in [2.45, 2.75) is 31.3 Å². The van der Waals surface area contributed by atoms with Crippen LogP contribution in [0.3, 0.4) is 0 Å². The van der Waals surface area contributed by atoms with Gasteiger partial charge in [0.25, 0.3) is 0 Å². The first-order valence-electron chi connectivity index (χ1n) is 11.6. The summed E-state index contributed by atoms with van der Waals surface area (Å²) in [7, 11) is 0. The van der Waals surface area contributed by atoms with Gasteiger partial charge >= 0.3 is 0 Å². The van der Waals surface area contributed by atoms with E-state index in [0.717, 1.165) is 10.9 Å². The maximum atomic E-state index is 15.2. The lowest BCUT2D eigenvalue weighted by molar-refractivity contribution is -0.135. The number of carbonyl (C=O) groups is 2. The third-order valence-electron chi connectivity index (χ3n) is 6.78. The van der Waals surface area contributed by atoms with Gasteiger partial charge in [-0.15, -0.1) is 5.10 Å². The molecule has 0 saturated carbocycles. The van der Waals surface area contributed by atoms with Gasteiger partial charge in [-0.25, -0.2) is 9.37 Å². The van der Waals surface area contributed by atoms with Crippen LogP contribution in [0.2, 0.25) is 5.02 Å². The Kier molecular flexibility index (Phi) is 5.56. The van der Waals surface area contributed by atoms with Crippen LogP contribution in [0.5, 0.6) is 0 Å². The molecule has 2 amide bonds. The zero-order valence-electron chi connectivity index (χ0n) is 19.3. The lowest BCUT2D eigenvalue weighted by Gasteiger charge is -2.33. The predicted molar refractivity (Wildman–Crippen MR) is 135 cm³/mol. The molecular weight excluding hydrogens is 499 g/mol. The number of pyridine rings is 1. The zero-order valence-corrected chi connectivity index (χ0v) is 20.1. The lowest BCUT2D eigenvalue weighted by Crippen LogP contribution is -2.48. The Labute approximate surface area is 214 Å². The van der Waals surface area contributed by atoms with E-state index in [1.165, 1.54) is 23.2 Å². The number of nitrogen functional groups attached to an aromatic ring is 1. The number of hydrogen-bond acceptors (Lipinski definition) is 7. The summed E-state index contributed by atoms with van der Waals surface area (Å²) in [6, 6.07) is 11.0. The fourth-order valence-corrected chi connectivity index (χ4v) is 5.30. The molecule has 0 unspecified atom stereocenters. The molecule has 12 heteroatoms. The van der Waals surface area contributed by atoms with Crippen molar-refractivity contribution in [3.05, 3.63) is 71.3 Å². The fourth-order valence-electron chi connectivity index (χ4n) is 5.14. The molecule has 2 atom stereocenters. The molecule has 1 fully saturated rings. The van der Waals surface area contributed by atoms with Crippen LogP contribution in [-0.2, 0) is 9.59 Å². The molecule has 0 bridgehead atoms. The van der Waals surface area contributed by atoms with E-state index in [0.29, 0.717) is 42.0 Å². The molecule has 4 aromatic rings. The van der Waals surface area contributed by atoms with Crippen LogP contribution in [0.15, 0.2) is 54.9 Å². The zero-order chi connectivity index (χ0) is 25.7. The Bertz CT molecular complexity index is 1590. The molecule has 0 aliphatic carbocycles. The summed E-state index contributed by atoms with van der Waals surface area (Å²) in [6.45, 7) is 0. The molecule has 2 aliphatic heterocycles. The first kappa shape index (κ1) is 23.0. The maximum Gasteiger partial charge on any atom is 0.247 e. The van der Waals surface area contributed by atoms with Crippen LogP contribution in [-0.4, -0.2) is 54.0 Å². The van der Waals surface area contributed by atoms with Crippen molar-refractivity contribution in [1.29, 1.82) is 0 Å². The van der Waals surface area contributed by atoms with E-state index >= 15 is 4.39 Å². The molecule has 0 spiro atoms. The number of halogens is 2. The molecule has 0 radical (unpaired) electrons. The van der Waals surface area contributed by atoms with Gasteiger partial charge in [-0.3, -0.25) is 9.59 Å². The maximum absolute atomic E-state index is 15.2. The SMILES string of the molecule is Nc1ccc2cc(NC(=O)[C@@H]3CC[C@@H]4CC(c5c(-n6cnnn6)ccc(Cl)c5F)=CC(=O)N43)ccc2n1. The molecule has 186 valence electrons. The molecule has 2 aliphatic rings. The van der Waals surface area contributed by atoms with Crippen LogP contribution >= 0.6 is 11.6 Å². The fraction of sp³-hybridized carbons (Fsp3) is 0.200. The van der Waals surface area contributed by atoms with E-state index < -0.39 is 11.9 Å². The topological polar surface area (TPSA) is 132 Å². The first-order valence-corrected chi connectivity index (χ1v) is 12.0. The molecule has 3 N–H and O–H groups in total. The number of nitrogens with two attached hydrogens (primary N) is 1. The highest BCUT2D eigenvalue weighted by Crippen LogP contribution is 2.40. The number of tetrazole rings is 1. The number of benzene rings is 2. The minimum atomic E-state index is -0.651. The summed E-state index contributed by atoms with van der Waals surface area (Å²) in [5.41, 5.74) is 8.08. The van der Waals surface area contributed by atoms with Gasteiger partial charge < -0.3 is 16.0 Å². The monoisotopic (exact) mass is 518 g/mol. The molecule has 4 heterocycles. The Morgan fingerprint density at radius 2 is 2.03 bits per heavy atom. The molecule has 2 aromatic carbocycles. The number of amides is 2. The van der Waals surface area contributed by atoms with Crippen molar-refractivity contribution in [2.75, 3.05) is 11.1 Å². The smallest absolute Gasteiger partial charge is 0.247 e. The minimum absolute atomic E-state index is 0.0699. The number of nitrogens with zero attached hydrogens (tertiary/aromatic N) is 6. The van der Waals surface area contributed by atoms with Gasteiger partial charge in [-0.1, -0.05) is 11.6 Å². The second-order valence-electron chi connectivity index (χ2n) is 9.01. The van der Waals surface area contributed by atoms with Gasteiger partial charge in [0.1, 0.15) is 18.2 Å². The first-order chi connectivity index (χ1) is 17.9. The molecular formula is C25H20ClFN8O2. The summed E-state index contributed by atoms with van der Waals surface area (Å²) >= 11 is 6.08. The third kappa shape index (κ3) is 4.06. The summed E-state index contributed by atoms with van der Waals surface area (Å²) in [5.74, 6) is -0.870. The van der Waals surface area contributed by atoms with E-state index in [1.807, 2.05) is 12.1 Å². The normalized spacial score (nSPS) is 19.1. The largest absolute Gasteiger partial charge is 0.384 e. The number of hydrogen-bond donors (Lipinski definition) is 2. The second kappa shape index (κ2) is 8.93. The highest BCUT2D eigenvalue weighted by atomic mass is 35.5. The van der Waals surface area contributed by atoms with Gasteiger partial charge in [0.05, 0.1) is 16.2 Å². The molecule has 37 heavy (non-hydrogen) atoms. The summed E-state index contributed by atoms with van der Waals surface area (Å²) in [6.07, 6.45) is 4.18. The van der Waals surface area contributed by atoms with E-state index in [-0.39, 0.29) is 28.4 Å². The average molecular weight is 519 g/mol. The van der Waals surface area contributed by atoms with Crippen molar-refractivity contribution in [3.63, 3.8) is 0 Å². The molecule has 10 nitrogen and oxygen atoms in total. The average Bonchev–Trinajstić information content (AvgIpc) is 3.56. The summed E-state index contributed by atoms with van der Waals surface area (Å²) < 4.78 is 16.6. The predicted octanol–water partition coefficient (Wildman–Crippen LogP) is 3.37. The highest BCUT2D eigenvalue weighted by molar-refractivity contribution is 6.31. The quantitative estimate of drug-likeness (QED) is 0.423. The number of rotatable bonds is 4. The second-order valence-corrected chi connectivity index (χ2v) is 9.42. The lowest BCUT2D eigenvalue weighted by atomic mass is 9.92. The standard InChI is InChI=1S/C25H20ClFN8O2/c26-17-4-7-19(34-12-29-32-33-34)23(24(17)27)14-10-16-3-6-20(35(16)22(36)11-14)25(37)30-15-2-5-18-13(9-15)1-8-21(28)31-18/h1-2,4-5,7-9,11-12,16,20H,3,6,10H2,(H2,28,31)(H,30,37)/t16-,20+/m1/s1. The van der Waals surface area contributed by atoms with Crippen molar-refractivity contribution in [3.8, 4) is 5.69 Å². The van der Waals surface area contributed by atoms with E-state index in [9.17, 15) is 9.59 Å². The summed E-state index contributed by atoms with van der Waals surface area (Å²) in [5, 5.41) is 14.8. The Morgan fingerprint density at radius 3 is 2.84 bits per heavy atom. The van der Waals surface area contributed by atoms with Crippen molar-refractivity contribution in [2.24, 2.45) is 0 Å².